The molecule has 11 heteroatoms. The van der Waals surface area contributed by atoms with Crippen LogP contribution in [-0.2, 0) is 4.74 Å². The third-order valence-electron chi connectivity index (χ3n) is 4.74. The number of benzene rings is 1. The van der Waals surface area contributed by atoms with Crippen LogP contribution >= 0.6 is 34.5 Å². The highest BCUT2D eigenvalue weighted by molar-refractivity contribution is 7.18. The van der Waals surface area contributed by atoms with E-state index >= 15 is 0 Å². The molecule has 1 N–H and O–H groups in total. The first kappa shape index (κ1) is 24.8. The molecule has 0 atom stereocenters. The Bertz CT molecular complexity index is 1230. The van der Waals surface area contributed by atoms with Crippen molar-refractivity contribution in [3.8, 4) is 11.3 Å². The summed E-state index contributed by atoms with van der Waals surface area (Å²) in [4.78, 5) is 40.3. The molecule has 0 aliphatic carbocycles. The molecule has 0 radical (unpaired) electrons. The summed E-state index contributed by atoms with van der Waals surface area (Å²) in [5.41, 5.74) is 1.15. The highest BCUT2D eigenvalue weighted by Crippen LogP contribution is 2.38. The van der Waals surface area contributed by atoms with Crippen molar-refractivity contribution in [2.75, 3.05) is 26.0 Å². The van der Waals surface area contributed by atoms with E-state index in [0.717, 1.165) is 11.3 Å². The maximum Gasteiger partial charge on any atom is 0.341 e. The zero-order valence-corrected chi connectivity index (χ0v) is 20.9. The smallest absolute Gasteiger partial charge is 0.341 e. The van der Waals surface area contributed by atoms with Crippen LogP contribution < -0.4 is 5.32 Å². The number of halogens is 2. The Hall–Kier alpha value is -2.88. The Kier molecular flexibility index (Phi) is 7.46. The lowest BCUT2D eigenvalue weighted by atomic mass is 10.1. The van der Waals surface area contributed by atoms with E-state index in [1.807, 2.05) is 0 Å². The van der Waals surface area contributed by atoms with E-state index in [1.165, 1.54) is 4.90 Å². The molecular formula is C22H21Cl2N3O5S. The molecule has 0 aliphatic rings. The molecule has 0 aliphatic heterocycles. The SMILES string of the molecule is CCOC(=O)c1c(NC(=O)c2c(-c3c(Cl)cccc3Cl)noc2C)sc(C(=O)N(C)C)c1C. The number of ether oxygens (including phenoxy) is 1. The average Bonchev–Trinajstić information content (AvgIpc) is 3.27. The second-order valence-corrected chi connectivity index (χ2v) is 9.03. The van der Waals surface area contributed by atoms with E-state index in [1.54, 1.807) is 53.1 Å². The van der Waals surface area contributed by atoms with Gasteiger partial charge in [0.1, 0.15) is 22.0 Å². The molecular weight excluding hydrogens is 489 g/mol. The standard InChI is InChI=1S/C22H21Cl2N3O5S/c1-6-31-22(30)14-10(2)18(21(29)27(4)5)33-20(14)25-19(28)15-11(3)32-26-17(15)16-12(23)8-7-9-13(16)24/h7-9H,6H2,1-5H3,(H,25,28). The van der Waals surface area contributed by atoms with Gasteiger partial charge in [-0.3, -0.25) is 9.59 Å². The highest BCUT2D eigenvalue weighted by atomic mass is 35.5. The summed E-state index contributed by atoms with van der Waals surface area (Å²) in [7, 11) is 3.20. The van der Waals surface area contributed by atoms with Crippen molar-refractivity contribution in [2.24, 2.45) is 0 Å². The van der Waals surface area contributed by atoms with E-state index in [9.17, 15) is 14.4 Å². The first-order valence-electron chi connectivity index (χ1n) is 9.82. The van der Waals surface area contributed by atoms with Crippen LogP contribution in [-0.4, -0.2) is 48.5 Å². The molecule has 2 aromatic heterocycles. The molecule has 8 nitrogen and oxygen atoms in total. The summed E-state index contributed by atoms with van der Waals surface area (Å²) in [6.07, 6.45) is 0. The predicted octanol–water partition coefficient (Wildman–Crippen LogP) is 5.46. The molecule has 174 valence electrons. The topological polar surface area (TPSA) is 102 Å². The normalized spacial score (nSPS) is 10.8. The van der Waals surface area contributed by atoms with Crippen molar-refractivity contribution >= 4 is 57.3 Å². The van der Waals surface area contributed by atoms with Gasteiger partial charge >= 0.3 is 5.97 Å². The van der Waals surface area contributed by atoms with Crippen LogP contribution in [0.5, 0.6) is 0 Å². The second-order valence-electron chi connectivity index (χ2n) is 7.19. The molecule has 33 heavy (non-hydrogen) atoms. The van der Waals surface area contributed by atoms with E-state index in [-0.39, 0.29) is 40.1 Å². The van der Waals surface area contributed by atoms with Gasteiger partial charge in [0, 0.05) is 19.7 Å². The van der Waals surface area contributed by atoms with Crippen LogP contribution in [0.25, 0.3) is 11.3 Å². The summed E-state index contributed by atoms with van der Waals surface area (Å²) in [5.74, 6) is -1.31. The second kappa shape index (κ2) is 9.94. The first-order chi connectivity index (χ1) is 15.6. The molecule has 0 unspecified atom stereocenters. The predicted molar refractivity (Wildman–Crippen MR) is 128 cm³/mol. The Labute approximate surface area is 204 Å². The van der Waals surface area contributed by atoms with Crippen LogP contribution in [0.15, 0.2) is 22.7 Å². The average molecular weight is 510 g/mol. The first-order valence-corrected chi connectivity index (χ1v) is 11.4. The lowest BCUT2D eigenvalue weighted by Gasteiger charge is -2.09. The Morgan fingerprint density at radius 3 is 2.36 bits per heavy atom. The number of aryl methyl sites for hydroxylation is 1. The molecule has 0 fully saturated rings. The molecule has 2 heterocycles. The minimum Gasteiger partial charge on any atom is -0.462 e. The van der Waals surface area contributed by atoms with Gasteiger partial charge in [-0.1, -0.05) is 34.4 Å². The fourth-order valence-corrected chi connectivity index (χ4v) is 4.95. The van der Waals surface area contributed by atoms with Crippen LogP contribution in [0.3, 0.4) is 0 Å². The number of anilines is 1. The number of hydrogen-bond donors (Lipinski definition) is 1. The zero-order valence-electron chi connectivity index (χ0n) is 18.5. The minimum absolute atomic E-state index is 0.103. The monoisotopic (exact) mass is 509 g/mol. The maximum atomic E-state index is 13.3. The van der Waals surface area contributed by atoms with Crippen LogP contribution in [0.1, 0.15) is 48.6 Å². The van der Waals surface area contributed by atoms with Crippen molar-refractivity contribution in [3.63, 3.8) is 0 Å². The van der Waals surface area contributed by atoms with E-state index in [4.69, 9.17) is 32.5 Å². The number of nitrogens with zero attached hydrogens (tertiary/aromatic N) is 2. The van der Waals surface area contributed by atoms with E-state index in [0.29, 0.717) is 26.0 Å². The third-order valence-corrected chi connectivity index (χ3v) is 6.57. The Morgan fingerprint density at radius 1 is 1.15 bits per heavy atom. The van der Waals surface area contributed by atoms with Gasteiger partial charge in [-0.2, -0.15) is 0 Å². The summed E-state index contributed by atoms with van der Waals surface area (Å²) >= 11 is 13.6. The van der Waals surface area contributed by atoms with Gasteiger partial charge in [0.05, 0.1) is 27.1 Å². The molecule has 1 aromatic carbocycles. The largest absolute Gasteiger partial charge is 0.462 e. The van der Waals surface area contributed by atoms with Crippen LogP contribution in [0, 0.1) is 13.8 Å². The lowest BCUT2D eigenvalue weighted by molar-refractivity contribution is 0.0527. The number of thiophene rings is 1. The van der Waals surface area contributed by atoms with E-state index < -0.39 is 11.9 Å². The van der Waals surface area contributed by atoms with Gasteiger partial charge in [0.25, 0.3) is 11.8 Å². The zero-order chi connectivity index (χ0) is 24.4. The van der Waals surface area contributed by atoms with E-state index in [2.05, 4.69) is 10.5 Å². The van der Waals surface area contributed by atoms with Gasteiger partial charge in [-0.25, -0.2) is 4.79 Å². The number of carbonyl (C=O) groups is 3. The van der Waals surface area contributed by atoms with Crippen LogP contribution in [0.4, 0.5) is 5.00 Å². The van der Waals surface area contributed by atoms with Crippen molar-refractivity contribution in [3.05, 3.63) is 55.6 Å². The van der Waals surface area contributed by atoms with Crippen molar-refractivity contribution in [1.29, 1.82) is 0 Å². The maximum absolute atomic E-state index is 13.3. The molecule has 0 spiro atoms. The summed E-state index contributed by atoms with van der Waals surface area (Å²) in [5, 5.41) is 7.46. The fourth-order valence-electron chi connectivity index (χ4n) is 3.16. The van der Waals surface area contributed by atoms with Crippen molar-refractivity contribution < 1.29 is 23.6 Å². The number of hydrogen-bond acceptors (Lipinski definition) is 7. The number of nitrogens with one attached hydrogen (secondary N) is 1. The quantitative estimate of drug-likeness (QED) is 0.442. The number of esters is 1. The Balaban J connectivity index is 2.09. The molecule has 0 bridgehead atoms. The van der Waals surface area contributed by atoms with Gasteiger partial charge in [0.2, 0.25) is 0 Å². The lowest BCUT2D eigenvalue weighted by Crippen LogP contribution is -2.21. The number of rotatable bonds is 6. The van der Waals surface area contributed by atoms with Crippen LogP contribution in [0.2, 0.25) is 10.0 Å². The summed E-state index contributed by atoms with van der Waals surface area (Å²) in [6.45, 7) is 5.01. The van der Waals surface area contributed by atoms with Gasteiger partial charge in [-0.15, -0.1) is 11.3 Å². The highest BCUT2D eigenvalue weighted by Gasteiger charge is 2.30. The number of aromatic nitrogens is 1. The van der Waals surface area contributed by atoms with Gasteiger partial charge < -0.3 is 19.5 Å². The van der Waals surface area contributed by atoms with Crippen molar-refractivity contribution in [2.45, 2.75) is 20.8 Å². The van der Waals surface area contributed by atoms with Gasteiger partial charge in [-0.05, 0) is 38.5 Å². The molecule has 2 amide bonds. The fraction of sp³-hybridized carbons (Fsp3) is 0.273. The molecule has 0 saturated carbocycles. The Morgan fingerprint density at radius 2 is 1.79 bits per heavy atom. The third kappa shape index (κ3) is 4.75. The number of amides is 2. The molecule has 0 saturated heterocycles. The molecule has 3 aromatic rings. The van der Waals surface area contributed by atoms with Gasteiger partial charge in [0.15, 0.2) is 0 Å². The number of carbonyl (C=O) groups excluding carboxylic acids is 3. The molecule has 3 rings (SSSR count). The van der Waals surface area contributed by atoms with Crippen molar-refractivity contribution in [1.82, 2.24) is 10.1 Å². The minimum atomic E-state index is -0.643. The summed E-state index contributed by atoms with van der Waals surface area (Å²) < 4.78 is 10.4. The summed E-state index contributed by atoms with van der Waals surface area (Å²) in [6, 6.07) is 4.91.